The summed E-state index contributed by atoms with van der Waals surface area (Å²) in [5, 5.41) is 12.6. The molecule has 0 aliphatic carbocycles. The molecule has 1 aliphatic rings. The van der Waals surface area contributed by atoms with Gasteiger partial charge in [0.05, 0.1) is 25.1 Å². The molecule has 25 heavy (non-hydrogen) atoms. The number of benzene rings is 1. The Morgan fingerprint density at radius 3 is 2.52 bits per heavy atom. The number of amides is 3. The third-order valence-electron chi connectivity index (χ3n) is 4.91. The van der Waals surface area contributed by atoms with Crippen LogP contribution in [0.4, 0.5) is 4.79 Å². The van der Waals surface area contributed by atoms with Crippen LogP contribution in [0.3, 0.4) is 0 Å². The van der Waals surface area contributed by atoms with E-state index in [1.54, 1.807) is 19.0 Å². The quantitative estimate of drug-likeness (QED) is 0.857. The molecule has 1 aromatic carbocycles. The minimum atomic E-state index is -0.403. The van der Waals surface area contributed by atoms with Crippen molar-refractivity contribution < 1.29 is 14.7 Å². The van der Waals surface area contributed by atoms with Gasteiger partial charge in [0, 0.05) is 19.6 Å². The van der Waals surface area contributed by atoms with E-state index < -0.39 is 6.04 Å². The van der Waals surface area contributed by atoms with Crippen molar-refractivity contribution in [1.29, 1.82) is 0 Å². The SMILES string of the molecule is CN(C)C(=O)CC(NC(=O)N1C(CO)CCC1(C)C)c1ccccc1. The van der Waals surface area contributed by atoms with Crippen molar-refractivity contribution in [1.82, 2.24) is 15.1 Å². The fourth-order valence-electron chi connectivity index (χ4n) is 3.39. The average molecular weight is 347 g/mol. The van der Waals surface area contributed by atoms with Crippen LogP contribution >= 0.6 is 0 Å². The molecule has 2 N–H and O–H groups in total. The van der Waals surface area contributed by atoms with Crippen LogP contribution in [0, 0.1) is 0 Å². The minimum absolute atomic E-state index is 0.0476. The van der Waals surface area contributed by atoms with Crippen LogP contribution in [0.25, 0.3) is 0 Å². The Labute approximate surface area is 149 Å². The lowest BCUT2D eigenvalue weighted by atomic mass is 10.0. The van der Waals surface area contributed by atoms with Gasteiger partial charge in [-0.2, -0.15) is 0 Å². The molecule has 0 bridgehead atoms. The summed E-state index contributed by atoms with van der Waals surface area (Å²) in [5.74, 6) is -0.0476. The number of hydrogen-bond acceptors (Lipinski definition) is 3. The van der Waals surface area contributed by atoms with Gasteiger partial charge in [-0.3, -0.25) is 4.79 Å². The molecule has 6 nitrogen and oxygen atoms in total. The first kappa shape index (κ1) is 19.2. The number of aliphatic hydroxyl groups is 1. The predicted molar refractivity (Wildman–Crippen MR) is 97.1 cm³/mol. The van der Waals surface area contributed by atoms with E-state index in [2.05, 4.69) is 5.32 Å². The fraction of sp³-hybridized carbons (Fsp3) is 0.579. The maximum Gasteiger partial charge on any atom is 0.318 e. The van der Waals surface area contributed by atoms with Crippen molar-refractivity contribution in [2.24, 2.45) is 0 Å². The smallest absolute Gasteiger partial charge is 0.318 e. The van der Waals surface area contributed by atoms with Crippen LogP contribution in [-0.4, -0.2) is 59.1 Å². The normalized spacial score (nSPS) is 20.2. The van der Waals surface area contributed by atoms with Crippen molar-refractivity contribution in [3.8, 4) is 0 Å². The highest BCUT2D eigenvalue weighted by Crippen LogP contribution is 2.33. The molecule has 0 radical (unpaired) electrons. The van der Waals surface area contributed by atoms with Crippen molar-refractivity contribution >= 4 is 11.9 Å². The molecular weight excluding hydrogens is 318 g/mol. The second-order valence-electron chi connectivity index (χ2n) is 7.46. The molecule has 2 atom stereocenters. The van der Waals surface area contributed by atoms with E-state index in [0.29, 0.717) is 0 Å². The summed E-state index contributed by atoms with van der Waals surface area (Å²) in [4.78, 5) is 28.4. The van der Waals surface area contributed by atoms with Gasteiger partial charge >= 0.3 is 6.03 Å². The molecule has 0 spiro atoms. The van der Waals surface area contributed by atoms with Gasteiger partial charge in [0.1, 0.15) is 0 Å². The summed E-state index contributed by atoms with van der Waals surface area (Å²) in [7, 11) is 3.41. The number of likely N-dealkylation sites (tertiary alicyclic amines) is 1. The molecule has 3 amide bonds. The third-order valence-corrected chi connectivity index (χ3v) is 4.91. The lowest BCUT2D eigenvalue weighted by Crippen LogP contribution is -2.53. The number of rotatable bonds is 5. The van der Waals surface area contributed by atoms with Crippen LogP contribution in [0.5, 0.6) is 0 Å². The van der Waals surface area contributed by atoms with Crippen LogP contribution in [-0.2, 0) is 4.79 Å². The maximum absolute atomic E-state index is 12.9. The summed E-state index contributed by atoms with van der Waals surface area (Å²) in [6.07, 6.45) is 1.82. The van der Waals surface area contributed by atoms with E-state index in [1.807, 2.05) is 44.2 Å². The Bertz CT molecular complexity index is 601. The lowest BCUT2D eigenvalue weighted by molar-refractivity contribution is -0.129. The van der Waals surface area contributed by atoms with E-state index in [-0.39, 0.29) is 36.5 Å². The molecule has 1 aliphatic heterocycles. The lowest BCUT2D eigenvalue weighted by Gasteiger charge is -2.36. The van der Waals surface area contributed by atoms with Crippen LogP contribution in [0.1, 0.15) is 44.7 Å². The molecular formula is C19H29N3O3. The molecule has 1 fully saturated rings. The molecule has 0 aromatic heterocycles. The summed E-state index contributed by atoms with van der Waals surface area (Å²) in [6, 6.07) is 8.69. The highest BCUT2D eigenvalue weighted by atomic mass is 16.3. The summed E-state index contributed by atoms with van der Waals surface area (Å²) >= 11 is 0. The first-order chi connectivity index (χ1) is 11.8. The van der Waals surface area contributed by atoms with E-state index in [4.69, 9.17) is 0 Å². The summed E-state index contributed by atoms with van der Waals surface area (Å²) < 4.78 is 0. The van der Waals surface area contributed by atoms with Gasteiger partial charge in [0.2, 0.25) is 5.91 Å². The number of aliphatic hydroxyl groups excluding tert-OH is 1. The third kappa shape index (κ3) is 4.51. The standard InChI is InChI=1S/C19H29N3O3/c1-19(2)11-10-15(13-23)22(19)18(25)20-16(12-17(24)21(3)4)14-8-6-5-7-9-14/h5-9,15-16,23H,10-13H2,1-4H3,(H,20,25). The zero-order valence-electron chi connectivity index (χ0n) is 15.5. The van der Waals surface area contributed by atoms with Crippen molar-refractivity contribution in [3.05, 3.63) is 35.9 Å². The largest absolute Gasteiger partial charge is 0.394 e. The van der Waals surface area contributed by atoms with Crippen molar-refractivity contribution in [2.45, 2.75) is 50.7 Å². The molecule has 2 unspecified atom stereocenters. The van der Waals surface area contributed by atoms with Gasteiger partial charge in [0.25, 0.3) is 0 Å². The van der Waals surface area contributed by atoms with Gasteiger partial charge in [-0.25, -0.2) is 4.79 Å². The molecule has 0 saturated carbocycles. The number of hydrogen-bond donors (Lipinski definition) is 2. The Hall–Kier alpha value is -2.08. The zero-order valence-corrected chi connectivity index (χ0v) is 15.5. The molecule has 1 saturated heterocycles. The van der Waals surface area contributed by atoms with E-state index in [9.17, 15) is 14.7 Å². The van der Waals surface area contributed by atoms with Crippen LogP contribution < -0.4 is 5.32 Å². The Morgan fingerprint density at radius 1 is 1.32 bits per heavy atom. The molecule has 138 valence electrons. The number of nitrogens with one attached hydrogen (secondary N) is 1. The molecule has 2 rings (SSSR count). The second kappa shape index (κ2) is 7.87. The van der Waals surface area contributed by atoms with Crippen LogP contribution in [0.15, 0.2) is 30.3 Å². The number of urea groups is 1. The Balaban J connectivity index is 2.20. The van der Waals surface area contributed by atoms with Crippen molar-refractivity contribution in [2.75, 3.05) is 20.7 Å². The first-order valence-electron chi connectivity index (χ1n) is 8.72. The Kier molecular flexibility index (Phi) is 6.06. The zero-order chi connectivity index (χ0) is 18.6. The highest BCUT2D eigenvalue weighted by Gasteiger charge is 2.42. The van der Waals surface area contributed by atoms with Gasteiger partial charge in [-0.05, 0) is 32.3 Å². The van der Waals surface area contributed by atoms with E-state index in [0.717, 1.165) is 18.4 Å². The maximum atomic E-state index is 12.9. The molecule has 6 heteroatoms. The first-order valence-corrected chi connectivity index (χ1v) is 8.72. The van der Waals surface area contributed by atoms with Gasteiger partial charge in [0.15, 0.2) is 0 Å². The van der Waals surface area contributed by atoms with Crippen molar-refractivity contribution in [3.63, 3.8) is 0 Å². The average Bonchev–Trinajstić information content (AvgIpc) is 2.89. The van der Waals surface area contributed by atoms with Gasteiger partial charge in [-0.1, -0.05) is 30.3 Å². The summed E-state index contributed by atoms with van der Waals surface area (Å²) in [6.45, 7) is 3.96. The summed E-state index contributed by atoms with van der Waals surface area (Å²) in [5.41, 5.74) is 0.577. The number of carbonyl (C=O) groups is 2. The number of carbonyl (C=O) groups excluding carboxylic acids is 2. The van der Waals surface area contributed by atoms with Gasteiger partial charge in [-0.15, -0.1) is 0 Å². The molecule has 1 aromatic rings. The Morgan fingerprint density at radius 2 is 1.96 bits per heavy atom. The topological polar surface area (TPSA) is 72.9 Å². The minimum Gasteiger partial charge on any atom is -0.394 e. The predicted octanol–water partition coefficient (Wildman–Crippen LogP) is 2.15. The van der Waals surface area contributed by atoms with Gasteiger partial charge < -0.3 is 20.2 Å². The number of nitrogens with zero attached hydrogens (tertiary/aromatic N) is 2. The van der Waals surface area contributed by atoms with Crippen LogP contribution in [0.2, 0.25) is 0 Å². The van der Waals surface area contributed by atoms with E-state index in [1.165, 1.54) is 4.90 Å². The van der Waals surface area contributed by atoms with E-state index >= 15 is 0 Å². The fourth-order valence-corrected chi connectivity index (χ4v) is 3.39. The second-order valence-corrected chi connectivity index (χ2v) is 7.46. The highest BCUT2D eigenvalue weighted by molar-refractivity contribution is 5.80. The molecule has 1 heterocycles. The monoisotopic (exact) mass is 347 g/mol.